The molecule has 0 amide bonds. The highest BCUT2D eigenvalue weighted by Gasteiger charge is 2.34. The fraction of sp³-hybridized carbons (Fsp3) is 0.446. The first kappa shape index (κ1) is 50.0. The second-order valence-corrected chi connectivity index (χ2v) is 19.7. The van der Waals surface area contributed by atoms with Crippen molar-refractivity contribution in [3.05, 3.63) is 105 Å². The Kier molecular flexibility index (Phi) is 13.6. The van der Waals surface area contributed by atoms with Crippen LogP contribution in [0.4, 0.5) is 0 Å². The third-order valence-corrected chi connectivity index (χ3v) is 14.5. The summed E-state index contributed by atoms with van der Waals surface area (Å²) >= 11 is 0. The second kappa shape index (κ2) is 19.6. The number of nitrogens with zero attached hydrogens (tertiary/aromatic N) is 6. The molecule has 378 valence electrons. The molecule has 5 N–H and O–H groups in total. The fourth-order valence-electron chi connectivity index (χ4n) is 9.93. The summed E-state index contributed by atoms with van der Waals surface area (Å²) in [7, 11) is 1.38. The van der Waals surface area contributed by atoms with Crippen LogP contribution in [0.15, 0.2) is 50.0 Å². The van der Waals surface area contributed by atoms with Crippen LogP contribution in [0.1, 0.15) is 183 Å². The summed E-state index contributed by atoms with van der Waals surface area (Å²) in [6.45, 7) is 17.5. The summed E-state index contributed by atoms with van der Waals surface area (Å²) in [6.07, 6.45) is 8.50. The van der Waals surface area contributed by atoms with Gasteiger partial charge in [0.25, 0.3) is 0 Å². The maximum absolute atomic E-state index is 12.2. The molecule has 6 aromatic heterocycles. The molecule has 12 rings (SSSR count). The number of carbonyl (C=O) groups excluding carboxylic acids is 1. The van der Waals surface area contributed by atoms with Crippen LogP contribution < -0.4 is 0 Å². The summed E-state index contributed by atoms with van der Waals surface area (Å²) in [5.74, 6) is 6.52. The van der Waals surface area contributed by atoms with Crippen molar-refractivity contribution in [1.82, 2.24) is 45.4 Å². The van der Waals surface area contributed by atoms with E-state index in [9.17, 15) is 15.0 Å². The van der Waals surface area contributed by atoms with Gasteiger partial charge in [0.15, 0.2) is 0 Å². The van der Waals surface area contributed by atoms with Gasteiger partial charge in [-0.25, -0.2) is 19.7 Å². The zero-order chi connectivity index (χ0) is 50.0. The average molecular weight is 978 g/mol. The maximum Gasteiger partial charge on any atom is 0.340 e. The first-order valence-electron chi connectivity index (χ1n) is 25.0. The number of fused-ring (bicyclic) bond motifs is 3. The molecule has 6 heterocycles. The van der Waals surface area contributed by atoms with Gasteiger partial charge in [-0.05, 0) is 152 Å². The molecule has 0 aliphatic heterocycles. The lowest BCUT2D eigenvalue weighted by Crippen LogP contribution is -2.24. The molecule has 16 nitrogen and oxygen atoms in total. The largest absolute Gasteiger partial charge is 0.465 e. The molecule has 0 radical (unpaired) electrons. The number of hydrogen-bond donors (Lipinski definition) is 5. The van der Waals surface area contributed by atoms with E-state index >= 15 is 0 Å². The summed E-state index contributed by atoms with van der Waals surface area (Å²) in [6, 6.07) is 12.1. The number of aryl methyl sites for hydroxylation is 6. The third kappa shape index (κ3) is 9.37. The monoisotopic (exact) mass is 978 g/mol. The van der Waals surface area contributed by atoms with Crippen LogP contribution in [0.2, 0.25) is 0 Å². The van der Waals surface area contributed by atoms with E-state index in [-0.39, 0.29) is 7.43 Å². The van der Waals surface area contributed by atoms with Crippen LogP contribution in [0.3, 0.4) is 0 Å². The summed E-state index contributed by atoms with van der Waals surface area (Å²) in [4.78, 5) is 36.7. The first-order valence-corrected chi connectivity index (χ1v) is 25.0. The normalized spacial score (nSPS) is 15.1. The molecular weight excluding hydrogens is 911 g/mol. The molecule has 3 fully saturated rings. The van der Waals surface area contributed by atoms with Crippen molar-refractivity contribution in [3.8, 4) is 33.4 Å². The van der Waals surface area contributed by atoms with Crippen molar-refractivity contribution in [2.24, 2.45) is 0 Å². The van der Waals surface area contributed by atoms with Crippen molar-refractivity contribution in [2.45, 2.75) is 157 Å². The van der Waals surface area contributed by atoms with Crippen molar-refractivity contribution < 1.29 is 33.3 Å². The summed E-state index contributed by atoms with van der Waals surface area (Å²) in [5, 5.41) is 33.8. The lowest BCUT2D eigenvalue weighted by molar-refractivity contribution is 0.0297. The van der Waals surface area contributed by atoms with Crippen molar-refractivity contribution in [2.75, 3.05) is 7.11 Å². The summed E-state index contributed by atoms with van der Waals surface area (Å²) in [5.41, 5.74) is 14.9. The molecule has 0 saturated heterocycles. The van der Waals surface area contributed by atoms with E-state index in [0.29, 0.717) is 48.1 Å². The van der Waals surface area contributed by atoms with Gasteiger partial charge in [0.2, 0.25) is 0 Å². The van der Waals surface area contributed by atoms with Crippen LogP contribution in [-0.2, 0) is 10.3 Å². The molecule has 72 heavy (non-hydrogen) atoms. The van der Waals surface area contributed by atoms with Crippen LogP contribution in [0.25, 0.3) is 66.5 Å². The molecule has 16 heteroatoms. The van der Waals surface area contributed by atoms with Gasteiger partial charge in [-0.2, -0.15) is 0 Å². The van der Waals surface area contributed by atoms with Crippen LogP contribution in [0.5, 0.6) is 0 Å². The predicted octanol–water partition coefficient (Wildman–Crippen LogP) is 13.0. The number of aliphatic hydroxyl groups is 2. The number of imidazole rings is 3. The highest BCUT2D eigenvalue weighted by molar-refractivity contribution is 6.04. The van der Waals surface area contributed by atoms with E-state index in [2.05, 4.69) is 53.6 Å². The van der Waals surface area contributed by atoms with Crippen LogP contribution in [-0.4, -0.2) is 68.7 Å². The minimum Gasteiger partial charge on any atom is -0.465 e. The number of H-pyrrole nitrogens is 3. The minimum absolute atomic E-state index is 0. The smallest absolute Gasteiger partial charge is 0.340 e. The minimum atomic E-state index is -0.886. The molecular formula is C56H67N9O7. The van der Waals surface area contributed by atoms with Crippen molar-refractivity contribution in [1.29, 1.82) is 0 Å². The van der Waals surface area contributed by atoms with Crippen molar-refractivity contribution >= 4 is 39.1 Å². The maximum atomic E-state index is 12.2. The summed E-state index contributed by atoms with van der Waals surface area (Å²) < 4.78 is 20.8. The van der Waals surface area contributed by atoms with Gasteiger partial charge in [-0.15, -0.1) is 0 Å². The highest BCUT2D eigenvalue weighted by atomic mass is 16.5. The Hall–Kier alpha value is -6.91. The topological polar surface area (TPSA) is 231 Å². The Morgan fingerprint density at radius 1 is 0.625 bits per heavy atom. The molecule has 1 unspecified atom stereocenters. The van der Waals surface area contributed by atoms with Gasteiger partial charge in [-0.1, -0.05) is 43.7 Å². The molecule has 9 aromatic rings. The number of aliphatic hydroxyl groups excluding tert-OH is 1. The number of methoxy groups -OCH3 is 1. The van der Waals surface area contributed by atoms with E-state index in [1.807, 2.05) is 74.4 Å². The SMILES string of the molecule is C.CCC(O)(CC)c1cc(-c2c(C)noc2C)cc2[nH]c(C3CC3)nc12.CCC(O)c1cc(-c2c(C)noc2C)cc2[nH]c(C3CC3)nc12.COC(=O)c1cc(-c2c(C)noc2C)cc2[nH]c(C3CC3)nc12. The number of aromatic amines is 3. The number of nitrogens with one attached hydrogen (secondary N) is 3. The number of carbonyl (C=O) groups is 1. The van der Waals surface area contributed by atoms with Gasteiger partial charge < -0.3 is 43.5 Å². The van der Waals surface area contributed by atoms with E-state index in [1.165, 1.54) is 32.8 Å². The number of aromatic nitrogens is 9. The Bertz CT molecular complexity index is 3380. The Morgan fingerprint density at radius 2 is 1.01 bits per heavy atom. The van der Waals surface area contributed by atoms with Gasteiger partial charge in [0.1, 0.15) is 40.3 Å². The van der Waals surface area contributed by atoms with Crippen molar-refractivity contribution in [3.63, 3.8) is 0 Å². The number of ether oxygens (including phenoxy) is 1. The zero-order valence-corrected chi connectivity index (χ0v) is 42.3. The van der Waals surface area contributed by atoms with Gasteiger partial charge in [0, 0.05) is 45.6 Å². The van der Waals surface area contributed by atoms with E-state index < -0.39 is 17.7 Å². The predicted molar refractivity (Wildman–Crippen MR) is 277 cm³/mol. The second-order valence-electron chi connectivity index (χ2n) is 19.7. The number of esters is 1. The highest BCUT2D eigenvalue weighted by Crippen LogP contribution is 2.45. The third-order valence-electron chi connectivity index (χ3n) is 14.5. The molecule has 0 bridgehead atoms. The van der Waals surface area contributed by atoms with Gasteiger partial charge >= 0.3 is 5.97 Å². The van der Waals surface area contributed by atoms with Crippen LogP contribution in [0, 0.1) is 41.5 Å². The molecule has 0 spiro atoms. The quantitative estimate of drug-likeness (QED) is 0.0718. The average Bonchev–Trinajstić information content (AvgIpc) is 4.34. The lowest BCUT2D eigenvalue weighted by atomic mass is 9.85. The standard InChI is InChI=1S/C20H25N3O2.C18H21N3O2.C17H17N3O3.CH4/c1-5-20(24,6-2)15-9-14(17-11(3)23-25-12(17)4)10-16-18(15)22-19(21-16)13-7-8-13;1-4-15(22)13-7-12(16-9(2)21-23-10(16)3)8-14-17(13)20-18(19-14)11-5-6-11;1-8-14(9(2)23-20-8)11-6-12(17(21)22-3)15-13(7-11)18-16(19-15)10-4-5-10;/h9-10,13,24H,5-8H2,1-4H3,(H,21,22);7-8,11,15,22H,4-6H2,1-3H3,(H,19,20);6-7,10H,4-5H2,1-3H3,(H,18,19);1H4. The van der Waals surface area contributed by atoms with E-state index in [4.69, 9.17) is 28.3 Å². The van der Waals surface area contributed by atoms with E-state index in [1.54, 1.807) is 6.07 Å². The molecule has 3 saturated carbocycles. The Balaban J connectivity index is 0.000000133. The zero-order valence-electron chi connectivity index (χ0n) is 42.3. The van der Waals surface area contributed by atoms with Gasteiger partial charge in [0.05, 0.1) is 69.0 Å². The molecule has 3 aliphatic carbocycles. The fourth-order valence-corrected chi connectivity index (χ4v) is 9.93. The number of rotatable bonds is 12. The molecule has 3 aromatic carbocycles. The first-order chi connectivity index (χ1) is 34.1. The van der Waals surface area contributed by atoms with E-state index in [0.717, 1.165) is 137 Å². The molecule has 3 aliphatic rings. The Labute approximate surface area is 418 Å². The lowest BCUT2D eigenvalue weighted by Gasteiger charge is -2.26. The number of hydrogen-bond acceptors (Lipinski definition) is 13. The van der Waals surface area contributed by atoms with Crippen LogP contribution >= 0.6 is 0 Å². The molecule has 1 atom stereocenters. The Morgan fingerprint density at radius 3 is 1.40 bits per heavy atom. The number of benzene rings is 3. The van der Waals surface area contributed by atoms with Gasteiger partial charge in [-0.3, -0.25) is 0 Å².